The first-order valence-electron chi connectivity index (χ1n) is 6.35. The van der Waals surface area contributed by atoms with Crippen LogP contribution < -0.4 is 5.32 Å². The molecule has 0 fully saturated rings. The third kappa shape index (κ3) is 3.60. The number of aromatic nitrogens is 2. The summed E-state index contributed by atoms with van der Waals surface area (Å²) in [7, 11) is 0. The van der Waals surface area contributed by atoms with Gasteiger partial charge in [0.05, 0.1) is 0 Å². The molecule has 20 heavy (non-hydrogen) atoms. The molecule has 0 aliphatic carbocycles. The lowest BCUT2D eigenvalue weighted by Gasteiger charge is -2.04. The van der Waals surface area contributed by atoms with E-state index in [0.29, 0.717) is 22.2 Å². The largest absolute Gasteiger partial charge is 0.296 e. The summed E-state index contributed by atoms with van der Waals surface area (Å²) in [5.41, 5.74) is 1.03. The molecular weight excluding hydrogens is 277 g/mol. The first kappa shape index (κ1) is 14.6. The fourth-order valence-electron chi connectivity index (χ4n) is 1.78. The molecule has 1 N–H and O–H groups in total. The minimum atomic E-state index is -0.353. The SMILES string of the molecule is Cc1cc(F)ccc1C(=O)Nc1nnc(CC(C)C)s1. The first-order chi connectivity index (χ1) is 9.45. The molecule has 0 aliphatic rings. The van der Waals surface area contributed by atoms with Crippen molar-refractivity contribution in [3.63, 3.8) is 0 Å². The highest BCUT2D eigenvalue weighted by atomic mass is 32.1. The van der Waals surface area contributed by atoms with Crippen molar-refractivity contribution in [1.82, 2.24) is 10.2 Å². The number of amides is 1. The van der Waals surface area contributed by atoms with Crippen molar-refractivity contribution in [1.29, 1.82) is 0 Å². The molecule has 0 atom stereocenters. The van der Waals surface area contributed by atoms with Gasteiger partial charge in [0, 0.05) is 12.0 Å². The van der Waals surface area contributed by atoms with Crippen LogP contribution >= 0.6 is 11.3 Å². The van der Waals surface area contributed by atoms with Crippen molar-refractivity contribution < 1.29 is 9.18 Å². The van der Waals surface area contributed by atoms with Gasteiger partial charge in [-0.1, -0.05) is 25.2 Å². The Morgan fingerprint density at radius 1 is 1.40 bits per heavy atom. The maximum absolute atomic E-state index is 13.0. The third-order valence-electron chi connectivity index (χ3n) is 2.70. The Hall–Kier alpha value is -1.82. The zero-order valence-corrected chi connectivity index (χ0v) is 12.4. The van der Waals surface area contributed by atoms with Gasteiger partial charge in [-0.25, -0.2) is 4.39 Å². The van der Waals surface area contributed by atoms with Gasteiger partial charge in [0.15, 0.2) is 0 Å². The molecule has 6 heteroatoms. The average molecular weight is 293 g/mol. The Bertz CT molecular complexity index is 625. The van der Waals surface area contributed by atoms with Gasteiger partial charge in [0.2, 0.25) is 5.13 Å². The summed E-state index contributed by atoms with van der Waals surface area (Å²) in [6, 6.07) is 4.07. The normalized spacial score (nSPS) is 10.8. The number of rotatable bonds is 4. The number of aryl methyl sites for hydroxylation is 1. The van der Waals surface area contributed by atoms with Crippen LogP contribution in [0.5, 0.6) is 0 Å². The number of carbonyl (C=O) groups is 1. The summed E-state index contributed by atoms with van der Waals surface area (Å²) in [6.45, 7) is 5.89. The number of nitrogens with one attached hydrogen (secondary N) is 1. The highest BCUT2D eigenvalue weighted by molar-refractivity contribution is 7.15. The van der Waals surface area contributed by atoms with Crippen molar-refractivity contribution in [2.45, 2.75) is 27.2 Å². The Morgan fingerprint density at radius 3 is 2.80 bits per heavy atom. The van der Waals surface area contributed by atoms with Gasteiger partial charge < -0.3 is 0 Å². The molecule has 1 aromatic heterocycles. The van der Waals surface area contributed by atoms with Crippen LogP contribution in [-0.4, -0.2) is 16.1 Å². The van der Waals surface area contributed by atoms with E-state index >= 15 is 0 Å². The van der Waals surface area contributed by atoms with E-state index in [0.717, 1.165) is 11.4 Å². The summed E-state index contributed by atoms with van der Waals surface area (Å²) in [4.78, 5) is 12.1. The van der Waals surface area contributed by atoms with Gasteiger partial charge in [0.25, 0.3) is 5.91 Å². The average Bonchev–Trinajstić information content (AvgIpc) is 2.75. The second kappa shape index (κ2) is 6.09. The number of benzene rings is 1. The molecule has 0 radical (unpaired) electrons. The topological polar surface area (TPSA) is 54.9 Å². The van der Waals surface area contributed by atoms with Gasteiger partial charge in [-0.15, -0.1) is 10.2 Å². The minimum Gasteiger partial charge on any atom is -0.296 e. The number of carbonyl (C=O) groups excluding carboxylic acids is 1. The Kier molecular flexibility index (Phi) is 4.44. The molecule has 0 saturated carbocycles. The van der Waals surface area contributed by atoms with Crippen LogP contribution in [0.25, 0.3) is 0 Å². The zero-order valence-electron chi connectivity index (χ0n) is 11.6. The van der Waals surface area contributed by atoms with E-state index in [1.54, 1.807) is 6.92 Å². The number of anilines is 1. The van der Waals surface area contributed by atoms with E-state index in [9.17, 15) is 9.18 Å². The lowest BCUT2D eigenvalue weighted by molar-refractivity contribution is 0.102. The lowest BCUT2D eigenvalue weighted by atomic mass is 10.1. The van der Waals surface area contributed by atoms with E-state index in [4.69, 9.17) is 0 Å². The van der Waals surface area contributed by atoms with Crippen LogP contribution in [0.1, 0.15) is 34.8 Å². The van der Waals surface area contributed by atoms with Gasteiger partial charge in [-0.3, -0.25) is 10.1 Å². The van der Waals surface area contributed by atoms with Crippen molar-refractivity contribution in [3.05, 3.63) is 40.2 Å². The van der Waals surface area contributed by atoms with Crippen LogP contribution in [0.2, 0.25) is 0 Å². The Labute approximate surface area is 121 Å². The Balaban J connectivity index is 2.09. The highest BCUT2D eigenvalue weighted by Crippen LogP contribution is 2.19. The van der Waals surface area contributed by atoms with Gasteiger partial charge >= 0.3 is 0 Å². The van der Waals surface area contributed by atoms with E-state index < -0.39 is 0 Å². The Morgan fingerprint density at radius 2 is 2.15 bits per heavy atom. The summed E-state index contributed by atoms with van der Waals surface area (Å²) in [5, 5.41) is 12.0. The molecule has 2 aromatic rings. The predicted molar refractivity (Wildman–Crippen MR) is 77.5 cm³/mol. The summed E-state index contributed by atoms with van der Waals surface area (Å²) < 4.78 is 13.0. The van der Waals surface area contributed by atoms with Gasteiger partial charge in [-0.2, -0.15) is 0 Å². The van der Waals surface area contributed by atoms with Crippen molar-refractivity contribution >= 4 is 22.4 Å². The molecule has 1 amide bonds. The van der Waals surface area contributed by atoms with Crippen molar-refractivity contribution in [3.8, 4) is 0 Å². The van der Waals surface area contributed by atoms with E-state index in [1.807, 2.05) is 0 Å². The quantitative estimate of drug-likeness (QED) is 0.939. The van der Waals surface area contributed by atoms with Crippen LogP contribution in [-0.2, 0) is 6.42 Å². The fraction of sp³-hybridized carbons (Fsp3) is 0.357. The second-order valence-corrected chi connectivity index (χ2v) is 6.07. The van der Waals surface area contributed by atoms with E-state index in [-0.39, 0.29) is 11.7 Å². The first-order valence-corrected chi connectivity index (χ1v) is 7.17. The molecule has 0 unspecified atom stereocenters. The molecule has 1 heterocycles. The molecule has 0 spiro atoms. The standard InChI is InChI=1S/C14H16FN3OS/c1-8(2)6-12-17-18-14(20-12)16-13(19)11-5-4-10(15)7-9(11)3/h4-5,7-8H,6H2,1-3H3,(H,16,18,19). The highest BCUT2D eigenvalue weighted by Gasteiger charge is 2.13. The van der Waals surface area contributed by atoms with Crippen molar-refractivity contribution in [2.24, 2.45) is 5.92 Å². The van der Waals surface area contributed by atoms with Gasteiger partial charge in [-0.05, 0) is 36.6 Å². The van der Waals surface area contributed by atoms with Crippen LogP contribution in [0.15, 0.2) is 18.2 Å². The predicted octanol–water partition coefficient (Wildman–Crippen LogP) is 3.44. The number of halogens is 1. The molecule has 4 nitrogen and oxygen atoms in total. The summed E-state index contributed by atoms with van der Waals surface area (Å²) in [5.74, 6) is -0.158. The molecular formula is C14H16FN3OS. The van der Waals surface area contributed by atoms with E-state index in [2.05, 4.69) is 29.4 Å². The maximum Gasteiger partial charge on any atom is 0.257 e. The molecule has 0 bridgehead atoms. The number of hydrogen-bond acceptors (Lipinski definition) is 4. The number of nitrogens with zero attached hydrogens (tertiary/aromatic N) is 2. The second-order valence-electron chi connectivity index (χ2n) is 5.01. The molecule has 0 aliphatic heterocycles. The maximum atomic E-state index is 13.0. The van der Waals surface area contributed by atoms with Crippen LogP contribution in [0.3, 0.4) is 0 Å². The van der Waals surface area contributed by atoms with Crippen molar-refractivity contribution in [2.75, 3.05) is 5.32 Å². The monoisotopic (exact) mass is 293 g/mol. The third-order valence-corrected chi connectivity index (χ3v) is 3.56. The zero-order chi connectivity index (χ0) is 14.7. The molecule has 2 rings (SSSR count). The van der Waals surface area contributed by atoms with Gasteiger partial charge in [0.1, 0.15) is 10.8 Å². The smallest absolute Gasteiger partial charge is 0.257 e. The van der Waals surface area contributed by atoms with Crippen LogP contribution in [0, 0.1) is 18.7 Å². The van der Waals surface area contributed by atoms with E-state index in [1.165, 1.54) is 29.5 Å². The van der Waals surface area contributed by atoms with Crippen LogP contribution in [0.4, 0.5) is 9.52 Å². The fourth-order valence-corrected chi connectivity index (χ4v) is 2.73. The molecule has 106 valence electrons. The lowest BCUT2D eigenvalue weighted by Crippen LogP contribution is -2.13. The summed E-state index contributed by atoms with van der Waals surface area (Å²) >= 11 is 1.36. The number of hydrogen-bond donors (Lipinski definition) is 1. The molecule has 0 saturated heterocycles. The summed E-state index contributed by atoms with van der Waals surface area (Å²) in [6.07, 6.45) is 0.836. The minimum absolute atomic E-state index is 0.297. The molecule has 1 aromatic carbocycles.